The highest BCUT2D eigenvalue weighted by Gasteiger charge is 2.29. The number of aromatic nitrogens is 5. The van der Waals surface area contributed by atoms with Crippen LogP contribution in [0.4, 0.5) is 11.8 Å². The second-order valence-corrected chi connectivity index (χ2v) is 6.39. The van der Waals surface area contributed by atoms with Crippen molar-refractivity contribution in [2.24, 2.45) is 0 Å². The highest BCUT2D eigenvalue weighted by molar-refractivity contribution is 5.92. The summed E-state index contributed by atoms with van der Waals surface area (Å²) in [5, 5.41) is 20.3. The van der Waals surface area contributed by atoms with Gasteiger partial charge in [-0.25, -0.2) is 4.98 Å². The fraction of sp³-hybridized carbons (Fsp3) is 0.533. The summed E-state index contributed by atoms with van der Waals surface area (Å²) in [6.07, 6.45) is 3.55. The molecule has 2 aliphatic rings. The molecule has 3 heterocycles. The summed E-state index contributed by atoms with van der Waals surface area (Å²) >= 11 is 0. The number of aliphatic hydroxyl groups excluding tert-OH is 1. The molecule has 0 spiro atoms. The number of aromatic amines is 1. The smallest absolute Gasteiger partial charge is 0.276 e. The minimum Gasteiger partial charge on any atom is -0.389 e. The first-order chi connectivity index (χ1) is 12.1. The van der Waals surface area contributed by atoms with Crippen molar-refractivity contribution in [3.8, 4) is 0 Å². The first-order valence-electron chi connectivity index (χ1n) is 8.35. The molecule has 2 aromatic heterocycles. The fourth-order valence-corrected chi connectivity index (χ4v) is 3.53. The predicted molar refractivity (Wildman–Crippen MR) is 89.0 cm³/mol. The zero-order valence-electron chi connectivity index (χ0n) is 13.7. The van der Waals surface area contributed by atoms with Crippen LogP contribution in [0.3, 0.4) is 0 Å². The quantitative estimate of drug-likeness (QED) is 0.630. The van der Waals surface area contributed by atoms with Crippen LogP contribution in [-0.4, -0.2) is 73.6 Å². The van der Waals surface area contributed by atoms with Gasteiger partial charge in [0.1, 0.15) is 5.82 Å². The van der Waals surface area contributed by atoms with Crippen LogP contribution in [0.25, 0.3) is 0 Å². The highest BCUT2D eigenvalue weighted by Crippen LogP contribution is 2.30. The van der Waals surface area contributed by atoms with Crippen molar-refractivity contribution in [1.82, 2.24) is 30.3 Å². The molecule has 1 aliphatic carbocycles. The molecule has 10 nitrogen and oxygen atoms in total. The first-order valence-corrected chi connectivity index (χ1v) is 8.35. The monoisotopic (exact) mass is 344 g/mol. The van der Waals surface area contributed by atoms with Crippen molar-refractivity contribution in [3.63, 3.8) is 0 Å². The van der Waals surface area contributed by atoms with Gasteiger partial charge in [0.25, 0.3) is 5.91 Å². The maximum atomic E-state index is 12.5. The topological polar surface area (TPSA) is 137 Å². The maximum Gasteiger partial charge on any atom is 0.276 e. The lowest BCUT2D eigenvalue weighted by molar-refractivity contribution is 0.0668. The summed E-state index contributed by atoms with van der Waals surface area (Å²) < 4.78 is 0. The fourth-order valence-electron chi connectivity index (χ4n) is 3.53. The van der Waals surface area contributed by atoms with Crippen molar-refractivity contribution >= 4 is 17.7 Å². The molecule has 0 unspecified atom stereocenters. The van der Waals surface area contributed by atoms with Gasteiger partial charge < -0.3 is 20.6 Å². The Labute approximate surface area is 144 Å². The molecular weight excluding hydrogens is 324 g/mol. The van der Waals surface area contributed by atoms with Gasteiger partial charge >= 0.3 is 0 Å². The lowest BCUT2D eigenvalue weighted by Crippen LogP contribution is -2.37. The number of fused-ring (bicyclic) bond motifs is 1. The zero-order valence-corrected chi connectivity index (χ0v) is 13.7. The standard InChI is InChI=1S/C15H20N8O2/c16-15-18-11-3-1-2-10(11)13(19-15)22-4-5-23(8-9(24)7-22)14(25)12-6-17-21-20-12/h6,9,24H,1-5,7-8H2,(H2,16,18,19)(H,17,20,21)/t9-/m1/s1. The van der Waals surface area contributed by atoms with Crippen molar-refractivity contribution < 1.29 is 9.90 Å². The molecule has 10 heteroatoms. The molecular formula is C15H20N8O2. The number of carbonyl (C=O) groups is 1. The Hall–Kier alpha value is -2.75. The van der Waals surface area contributed by atoms with Gasteiger partial charge in [-0.05, 0) is 19.3 Å². The highest BCUT2D eigenvalue weighted by atomic mass is 16.3. The van der Waals surface area contributed by atoms with E-state index >= 15 is 0 Å². The van der Waals surface area contributed by atoms with Crippen LogP contribution >= 0.6 is 0 Å². The van der Waals surface area contributed by atoms with Gasteiger partial charge in [0.05, 0.1) is 18.0 Å². The van der Waals surface area contributed by atoms with E-state index < -0.39 is 6.10 Å². The molecule has 0 bridgehead atoms. The van der Waals surface area contributed by atoms with E-state index in [-0.39, 0.29) is 24.1 Å². The van der Waals surface area contributed by atoms with Crippen LogP contribution in [0.1, 0.15) is 28.2 Å². The molecule has 25 heavy (non-hydrogen) atoms. The molecule has 1 amide bonds. The average Bonchev–Trinajstić information content (AvgIpc) is 3.23. The number of aliphatic hydroxyl groups is 1. The predicted octanol–water partition coefficient (Wildman–Crippen LogP) is -1.01. The first kappa shape index (κ1) is 15.8. The van der Waals surface area contributed by atoms with E-state index in [1.54, 1.807) is 4.90 Å². The third-order valence-corrected chi connectivity index (χ3v) is 4.65. The molecule has 4 N–H and O–H groups in total. The van der Waals surface area contributed by atoms with E-state index in [0.717, 1.165) is 36.3 Å². The van der Waals surface area contributed by atoms with Crippen molar-refractivity contribution in [2.75, 3.05) is 36.8 Å². The number of aryl methyl sites for hydroxylation is 1. The van der Waals surface area contributed by atoms with E-state index in [0.29, 0.717) is 19.6 Å². The zero-order chi connectivity index (χ0) is 17.4. The summed E-state index contributed by atoms with van der Waals surface area (Å²) in [6.45, 7) is 1.65. The third-order valence-electron chi connectivity index (χ3n) is 4.65. The number of nitrogens with one attached hydrogen (secondary N) is 1. The molecule has 1 saturated heterocycles. The van der Waals surface area contributed by atoms with Gasteiger partial charge in [-0.15, -0.1) is 0 Å². The number of rotatable bonds is 2. The number of H-pyrrole nitrogens is 1. The number of nitrogens with two attached hydrogens (primary N) is 1. The largest absolute Gasteiger partial charge is 0.389 e. The normalized spacial score (nSPS) is 20.4. The van der Waals surface area contributed by atoms with Gasteiger partial charge in [0.2, 0.25) is 5.95 Å². The van der Waals surface area contributed by atoms with Crippen LogP contribution in [0, 0.1) is 0 Å². The average molecular weight is 344 g/mol. The molecule has 0 radical (unpaired) electrons. The number of β-amino-alcohol motifs (C(OH)–C–C–N with tert-alkyl or cyclic N) is 1. The Kier molecular flexibility index (Phi) is 3.96. The summed E-state index contributed by atoms with van der Waals surface area (Å²) in [6, 6.07) is 0. The summed E-state index contributed by atoms with van der Waals surface area (Å²) in [5.41, 5.74) is 8.21. The Morgan fingerprint density at radius 2 is 2.16 bits per heavy atom. The van der Waals surface area contributed by atoms with Crippen molar-refractivity contribution in [1.29, 1.82) is 0 Å². The molecule has 4 rings (SSSR count). The molecule has 1 atom stereocenters. The summed E-state index contributed by atoms with van der Waals surface area (Å²) in [5.74, 6) is 0.793. The number of hydrogen-bond acceptors (Lipinski definition) is 8. The van der Waals surface area contributed by atoms with Gasteiger partial charge in [0.15, 0.2) is 5.69 Å². The summed E-state index contributed by atoms with van der Waals surface area (Å²) in [4.78, 5) is 24.8. The lowest BCUT2D eigenvalue weighted by atomic mass is 10.2. The van der Waals surface area contributed by atoms with Crippen LogP contribution in [0.5, 0.6) is 0 Å². The third kappa shape index (κ3) is 3.00. The van der Waals surface area contributed by atoms with Gasteiger partial charge in [-0.2, -0.15) is 20.4 Å². The second-order valence-electron chi connectivity index (χ2n) is 6.39. The molecule has 0 aromatic carbocycles. The van der Waals surface area contributed by atoms with E-state index in [4.69, 9.17) is 5.73 Å². The SMILES string of the molecule is Nc1nc2c(c(N3CCN(C(=O)c4cn[nH]n4)C[C@H](O)C3)n1)CCC2. The van der Waals surface area contributed by atoms with Crippen molar-refractivity contribution in [2.45, 2.75) is 25.4 Å². The van der Waals surface area contributed by atoms with E-state index in [9.17, 15) is 9.90 Å². The number of hydrogen-bond donors (Lipinski definition) is 3. The van der Waals surface area contributed by atoms with Crippen LogP contribution in [-0.2, 0) is 12.8 Å². The van der Waals surface area contributed by atoms with E-state index in [1.165, 1.54) is 6.20 Å². The van der Waals surface area contributed by atoms with E-state index in [1.807, 2.05) is 4.90 Å². The lowest BCUT2D eigenvalue weighted by Gasteiger charge is -2.25. The molecule has 1 aliphatic heterocycles. The number of anilines is 2. The number of amides is 1. The molecule has 132 valence electrons. The van der Waals surface area contributed by atoms with Gasteiger partial charge in [0, 0.05) is 31.7 Å². The molecule has 1 fully saturated rings. The van der Waals surface area contributed by atoms with E-state index in [2.05, 4.69) is 25.4 Å². The summed E-state index contributed by atoms with van der Waals surface area (Å²) in [7, 11) is 0. The Morgan fingerprint density at radius 1 is 1.28 bits per heavy atom. The van der Waals surface area contributed by atoms with Crippen LogP contribution < -0.4 is 10.6 Å². The number of nitrogens with zero attached hydrogens (tertiary/aromatic N) is 6. The Bertz CT molecular complexity index is 778. The van der Waals surface area contributed by atoms with Crippen molar-refractivity contribution in [3.05, 3.63) is 23.1 Å². The molecule has 0 saturated carbocycles. The number of nitrogen functional groups attached to an aromatic ring is 1. The maximum absolute atomic E-state index is 12.5. The minimum atomic E-state index is -0.688. The van der Waals surface area contributed by atoms with Crippen LogP contribution in [0.15, 0.2) is 6.20 Å². The van der Waals surface area contributed by atoms with Gasteiger partial charge in [-0.1, -0.05) is 0 Å². The Morgan fingerprint density at radius 3 is 2.96 bits per heavy atom. The number of carbonyl (C=O) groups excluding carboxylic acids is 1. The van der Waals surface area contributed by atoms with Gasteiger partial charge in [-0.3, -0.25) is 4.79 Å². The Balaban J connectivity index is 1.57. The minimum absolute atomic E-state index is 0.241. The second kappa shape index (κ2) is 6.28. The molecule has 2 aromatic rings. The van der Waals surface area contributed by atoms with Crippen LogP contribution in [0.2, 0.25) is 0 Å².